The van der Waals surface area contributed by atoms with E-state index in [0.717, 1.165) is 22.0 Å². The van der Waals surface area contributed by atoms with Crippen LogP contribution in [0.1, 0.15) is 22.8 Å². The summed E-state index contributed by atoms with van der Waals surface area (Å²) in [6.07, 6.45) is -0.651. The molecule has 0 bridgehead atoms. The minimum atomic E-state index is -1.60. The number of para-hydroxylation sites is 1. The lowest BCUT2D eigenvalue weighted by Gasteiger charge is -2.41. The summed E-state index contributed by atoms with van der Waals surface area (Å²) in [5.41, 5.74) is 1.79. The Morgan fingerprint density at radius 2 is 1.66 bits per heavy atom. The molecule has 6 rings (SSSR count). The molecule has 0 radical (unpaired) electrons. The van der Waals surface area contributed by atoms with Gasteiger partial charge in [0, 0.05) is 18.0 Å². The van der Waals surface area contributed by atoms with E-state index in [2.05, 4.69) is 6.07 Å². The fraction of sp³-hybridized carbons (Fsp3) is 0.172. The maximum Gasteiger partial charge on any atom is 0.356 e. The van der Waals surface area contributed by atoms with E-state index in [1.54, 1.807) is 0 Å². The van der Waals surface area contributed by atoms with Crippen molar-refractivity contribution in [1.29, 1.82) is 5.26 Å². The van der Waals surface area contributed by atoms with E-state index in [4.69, 9.17) is 14.2 Å². The van der Waals surface area contributed by atoms with E-state index in [1.807, 2.05) is 96.5 Å². The number of hydrogen-bond donors (Lipinski definition) is 0. The molecule has 172 valence electrons. The molecule has 35 heavy (non-hydrogen) atoms. The lowest BCUT2D eigenvalue weighted by molar-refractivity contribution is -0.171. The molecule has 0 amide bonds. The minimum absolute atomic E-state index is 0.356. The van der Waals surface area contributed by atoms with Crippen LogP contribution in [0.15, 0.2) is 90.5 Å². The molecule has 3 atom stereocenters. The molecule has 4 aromatic rings. The molecular weight excluding hydrogens is 440 g/mol. The zero-order chi connectivity index (χ0) is 24.2. The van der Waals surface area contributed by atoms with Gasteiger partial charge in [0.1, 0.15) is 11.9 Å². The monoisotopic (exact) mass is 462 g/mol. The van der Waals surface area contributed by atoms with Gasteiger partial charge in [-0.1, -0.05) is 78.9 Å². The SMILES string of the molecule is COC(=O)[C@@]12OC(c3ccccc3)=C(C#N)[C@@H]1[C@@H](c1ccccc1)Oc1c2c2ccccc2n1C. The average Bonchev–Trinajstić information content (AvgIpc) is 3.42. The quantitative estimate of drug-likeness (QED) is 0.388. The van der Waals surface area contributed by atoms with Crippen molar-refractivity contribution in [2.24, 2.45) is 13.0 Å². The van der Waals surface area contributed by atoms with Gasteiger partial charge < -0.3 is 18.8 Å². The highest BCUT2D eigenvalue weighted by Gasteiger charge is 2.66. The van der Waals surface area contributed by atoms with Crippen LogP contribution in [0.4, 0.5) is 0 Å². The van der Waals surface area contributed by atoms with Crippen molar-refractivity contribution in [3.8, 4) is 11.9 Å². The Morgan fingerprint density at radius 3 is 2.34 bits per heavy atom. The summed E-state index contributed by atoms with van der Waals surface area (Å²) in [5, 5.41) is 11.3. The van der Waals surface area contributed by atoms with E-state index >= 15 is 0 Å². The number of rotatable bonds is 3. The molecule has 2 aliphatic rings. The van der Waals surface area contributed by atoms with Crippen molar-refractivity contribution >= 4 is 22.6 Å². The van der Waals surface area contributed by atoms with Crippen molar-refractivity contribution in [1.82, 2.24) is 4.57 Å². The number of carbonyl (C=O) groups is 1. The molecule has 1 aromatic heterocycles. The van der Waals surface area contributed by atoms with Gasteiger partial charge in [-0.25, -0.2) is 4.79 Å². The second-order valence-corrected chi connectivity index (χ2v) is 8.73. The van der Waals surface area contributed by atoms with Crippen molar-refractivity contribution in [3.05, 3.63) is 107 Å². The molecule has 0 N–H and O–H groups in total. The standard InChI is InChI=1S/C29H22N2O4/c1-31-22-16-10-9-15-20(22)24-27(31)34-26(19-13-7-4-8-14-19)23-21(17-30)25(18-11-5-3-6-12-18)35-29(23,24)28(32)33-2/h3-16,23,26H,1-2H3/t23-,26-,29-/m1/s1. The number of ether oxygens (including phenoxy) is 3. The number of carbonyl (C=O) groups excluding carboxylic acids is 1. The molecule has 6 nitrogen and oxygen atoms in total. The van der Waals surface area contributed by atoms with Gasteiger partial charge in [-0.3, -0.25) is 0 Å². The second kappa shape index (κ2) is 7.78. The molecule has 0 unspecified atom stereocenters. The molecule has 0 saturated heterocycles. The number of aryl methyl sites for hydroxylation is 1. The normalized spacial score (nSPS) is 22.5. The first-order valence-electron chi connectivity index (χ1n) is 11.4. The molecule has 0 aliphatic carbocycles. The summed E-state index contributed by atoms with van der Waals surface area (Å²) in [6, 6.07) is 29.2. The lowest BCUT2D eigenvalue weighted by Crippen LogP contribution is -2.49. The summed E-state index contributed by atoms with van der Waals surface area (Å²) in [5.74, 6) is -0.430. The van der Waals surface area contributed by atoms with Crippen LogP contribution in [0.25, 0.3) is 16.7 Å². The Morgan fingerprint density at radius 1 is 1.00 bits per heavy atom. The highest BCUT2D eigenvalue weighted by molar-refractivity contribution is 5.98. The molecular formula is C29H22N2O4. The molecule has 0 fully saturated rings. The first-order valence-corrected chi connectivity index (χ1v) is 11.4. The van der Waals surface area contributed by atoms with Crippen LogP contribution in [-0.4, -0.2) is 17.6 Å². The Hall–Kier alpha value is -4.50. The van der Waals surface area contributed by atoms with Crippen LogP contribution < -0.4 is 4.74 Å². The first kappa shape index (κ1) is 21.1. The Balaban J connectivity index is 1.73. The maximum absolute atomic E-state index is 13.9. The smallest absolute Gasteiger partial charge is 0.356 e. The summed E-state index contributed by atoms with van der Waals surface area (Å²) in [4.78, 5) is 13.9. The van der Waals surface area contributed by atoms with Gasteiger partial charge in [0.25, 0.3) is 0 Å². The van der Waals surface area contributed by atoms with Crippen molar-refractivity contribution in [2.75, 3.05) is 7.11 Å². The maximum atomic E-state index is 13.9. The predicted octanol–water partition coefficient (Wildman–Crippen LogP) is 5.26. The van der Waals surface area contributed by atoms with Gasteiger partial charge >= 0.3 is 5.97 Å². The van der Waals surface area contributed by atoms with Crippen LogP contribution in [0, 0.1) is 17.2 Å². The van der Waals surface area contributed by atoms with Crippen LogP contribution in [0.3, 0.4) is 0 Å². The zero-order valence-electron chi connectivity index (χ0n) is 19.3. The number of benzene rings is 3. The second-order valence-electron chi connectivity index (χ2n) is 8.73. The van der Waals surface area contributed by atoms with E-state index in [1.165, 1.54) is 7.11 Å². The number of nitrogens with zero attached hydrogens (tertiary/aromatic N) is 2. The average molecular weight is 463 g/mol. The summed E-state index contributed by atoms with van der Waals surface area (Å²) in [7, 11) is 3.25. The summed E-state index contributed by atoms with van der Waals surface area (Å²) >= 11 is 0. The van der Waals surface area contributed by atoms with Crippen LogP contribution >= 0.6 is 0 Å². The Labute approximate surface area is 202 Å². The fourth-order valence-corrected chi connectivity index (χ4v) is 5.50. The van der Waals surface area contributed by atoms with Gasteiger partial charge in [0.05, 0.1) is 35.8 Å². The van der Waals surface area contributed by atoms with Gasteiger partial charge in [0.15, 0.2) is 0 Å². The van der Waals surface area contributed by atoms with Gasteiger partial charge in [-0.15, -0.1) is 0 Å². The molecule has 0 saturated carbocycles. The van der Waals surface area contributed by atoms with Crippen LogP contribution in [0.2, 0.25) is 0 Å². The Bertz CT molecular complexity index is 1530. The number of esters is 1. The largest absolute Gasteiger partial charge is 0.469 e. The van der Waals surface area contributed by atoms with Crippen molar-refractivity contribution in [2.45, 2.75) is 11.7 Å². The van der Waals surface area contributed by atoms with Gasteiger partial charge in [-0.2, -0.15) is 5.26 Å². The molecule has 3 aromatic carbocycles. The van der Waals surface area contributed by atoms with Crippen molar-refractivity contribution < 1.29 is 19.0 Å². The van der Waals surface area contributed by atoms with Gasteiger partial charge in [-0.05, 0) is 11.6 Å². The number of hydrogen-bond acceptors (Lipinski definition) is 5. The first-order chi connectivity index (χ1) is 17.1. The summed E-state index contributed by atoms with van der Waals surface area (Å²) in [6.45, 7) is 0. The van der Waals surface area contributed by atoms with Crippen molar-refractivity contribution in [3.63, 3.8) is 0 Å². The lowest BCUT2D eigenvalue weighted by atomic mass is 9.72. The number of aromatic nitrogens is 1. The highest BCUT2D eigenvalue weighted by atomic mass is 16.6. The van der Waals surface area contributed by atoms with Crippen LogP contribution in [0.5, 0.6) is 5.88 Å². The Kier molecular flexibility index (Phi) is 4.68. The third kappa shape index (κ3) is 2.79. The number of fused-ring (bicyclic) bond motifs is 5. The fourth-order valence-electron chi connectivity index (χ4n) is 5.50. The minimum Gasteiger partial charge on any atom is -0.469 e. The molecule has 2 aliphatic heterocycles. The molecule has 0 spiro atoms. The predicted molar refractivity (Wildman–Crippen MR) is 130 cm³/mol. The van der Waals surface area contributed by atoms with E-state index in [0.29, 0.717) is 22.8 Å². The molecule has 3 heterocycles. The third-order valence-electron chi connectivity index (χ3n) is 7.00. The third-order valence-corrected chi connectivity index (χ3v) is 7.00. The topological polar surface area (TPSA) is 73.5 Å². The zero-order valence-corrected chi connectivity index (χ0v) is 19.3. The van der Waals surface area contributed by atoms with E-state index in [9.17, 15) is 10.1 Å². The number of nitriles is 1. The van der Waals surface area contributed by atoms with Gasteiger partial charge in [0.2, 0.25) is 11.5 Å². The van der Waals surface area contributed by atoms with E-state index in [-0.39, 0.29) is 0 Å². The molecule has 6 heteroatoms. The highest BCUT2D eigenvalue weighted by Crippen LogP contribution is 2.62. The summed E-state index contributed by atoms with van der Waals surface area (Å²) < 4.78 is 20.7. The number of methoxy groups -OCH3 is 1. The van der Waals surface area contributed by atoms with Crippen LogP contribution in [-0.2, 0) is 26.9 Å². The van der Waals surface area contributed by atoms with E-state index < -0.39 is 23.6 Å².